The van der Waals surface area contributed by atoms with Crippen LogP contribution in [0.1, 0.15) is 33.1 Å². The van der Waals surface area contributed by atoms with E-state index in [4.69, 9.17) is 0 Å². The minimum absolute atomic E-state index is 0.231. The minimum atomic E-state index is -0.833. The molecule has 1 heterocycles. The van der Waals surface area contributed by atoms with Gasteiger partial charge in [0, 0.05) is 28.6 Å². The van der Waals surface area contributed by atoms with Crippen LogP contribution in [-0.2, 0) is 4.79 Å². The molecule has 104 valence electrons. The second-order valence-corrected chi connectivity index (χ2v) is 6.88. The molecule has 0 aliphatic heterocycles. The molecule has 0 bridgehead atoms. The normalized spacial score (nSPS) is 19.7. The van der Waals surface area contributed by atoms with E-state index in [1.54, 1.807) is 31.1 Å². The number of carboxylic acids is 1. The van der Waals surface area contributed by atoms with Gasteiger partial charge in [0.25, 0.3) is 0 Å². The highest BCUT2D eigenvalue weighted by atomic mass is 32.2. The van der Waals surface area contributed by atoms with Crippen molar-refractivity contribution in [2.24, 2.45) is 0 Å². The van der Waals surface area contributed by atoms with Gasteiger partial charge in [-0.1, -0.05) is 6.92 Å². The molecule has 5 heteroatoms. The summed E-state index contributed by atoms with van der Waals surface area (Å²) in [5.41, 5.74) is -0.833. The smallest absolute Gasteiger partial charge is 0.323 e. The summed E-state index contributed by atoms with van der Waals surface area (Å²) in [5.74, 6) is -0.762. The van der Waals surface area contributed by atoms with Crippen molar-refractivity contribution in [3.05, 3.63) is 24.5 Å². The van der Waals surface area contributed by atoms with Crippen molar-refractivity contribution in [1.82, 2.24) is 10.3 Å². The number of thioether (sulfide) groups is 1. The van der Waals surface area contributed by atoms with E-state index in [0.717, 1.165) is 17.7 Å². The third kappa shape index (κ3) is 4.21. The molecule has 2 rings (SSSR count). The van der Waals surface area contributed by atoms with Crippen LogP contribution in [0.2, 0.25) is 0 Å². The number of nitrogens with zero attached hydrogens (tertiary/aromatic N) is 1. The van der Waals surface area contributed by atoms with Gasteiger partial charge >= 0.3 is 5.97 Å². The average Bonchev–Trinajstić information content (AvgIpc) is 3.13. The van der Waals surface area contributed by atoms with E-state index in [9.17, 15) is 9.90 Å². The van der Waals surface area contributed by atoms with E-state index in [-0.39, 0.29) is 5.25 Å². The first-order chi connectivity index (χ1) is 8.99. The van der Waals surface area contributed by atoms with E-state index in [0.29, 0.717) is 12.5 Å². The van der Waals surface area contributed by atoms with Crippen LogP contribution in [0.3, 0.4) is 0 Å². The molecule has 1 fully saturated rings. The van der Waals surface area contributed by atoms with Crippen molar-refractivity contribution < 1.29 is 9.90 Å². The van der Waals surface area contributed by atoms with Crippen LogP contribution in [0.15, 0.2) is 29.4 Å². The first-order valence-electron chi connectivity index (χ1n) is 6.57. The number of rotatable bonds is 7. The van der Waals surface area contributed by atoms with E-state index < -0.39 is 11.5 Å². The fourth-order valence-electron chi connectivity index (χ4n) is 2.15. The van der Waals surface area contributed by atoms with Gasteiger partial charge in [-0.3, -0.25) is 15.1 Å². The quantitative estimate of drug-likeness (QED) is 0.752. The van der Waals surface area contributed by atoms with E-state index >= 15 is 0 Å². The van der Waals surface area contributed by atoms with Crippen LogP contribution < -0.4 is 5.32 Å². The summed E-state index contributed by atoms with van der Waals surface area (Å²) in [4.78, 5) is 16.6. The van der Waals surface area contributed by atoms with Gasteiger partial charge in [0.1, 0.15) is 5.54 Å². The lowest BCUT2D eigenvalue weighted by molar-refractivity contribution is -0.144. The molecule has 1 aliphatic rings. The van der Waals surface area contributed by atoms with Crippen LogP contribution in [0.25, 0.3) is 0 Å². The van der Waals surface area contributed by atoms with Gasteiger partial charge in [-0.15, -0.1) is 11.8 Å². The van der Waals surface area contributed by atoms with E-state index in [2.05, 4.69) is 17.2 Å². The topological polar surface area (TPSA) is 62.2 Å². The minimum Gasteiger partial charge on any atom is -0.480 e. The van der Waals surface area contributed by atoms with Gasteiger partial charge < -0.3 is 5.11 Å². The molecule has 19 heavy (non-hydrogen) atoms. The molecule has 1 aliphatic carbocycles. The number of aliphatic carboxylic acids is 1. The highest BCUT2D eigenvalue weighted by Crippen LogP contribution is 2.31. The van der Waals surface area contributed by atoms with Crippen molar-refractivity contribution >= 4 is 17.7 Å². The van der Waals surface area contributed by atoms with Crippen molar-refractivity contribution in [3.8, 4) is 0 Å². The number of carbonyl (C=O) groups is 1. The predicted molar refractivity (Wildman–Crippen MR) is 76.4 cm³/mol. The van der Waals surface area contributed by atoms with Crippen molar-refractivity contribution in [2.45, 2.75) is 54.8 Å². The lowest BCUT2D eigenvalue weighted by atomic mass is 9.96. The standard InChI is InChI=1S/C14H20N2O2S/c1-10(19-12-5-7-15-8-6-12)9-14(2,13(17)18)16-11-3-4-11/h5-8,10-11,16H,3-4,9H2,1-2H3,(H,17,18). The summed E-state index contributed by atoms with van der Waals surface area (Å²) in [6.45, 7) is 3.86. The first kappa shape index (κ1) is 14.3. The van der Waals surface area contributed by atoms with Gasteiger partial charge in [-0.2, -0.15) is 0 Å². The number of nitrogens with one attached hydrogen (secondary N) is 1. The van der Waals surface area contributed by atoms with Gasteiger partial charge in [-0.25, -0.2) is 0 Å². The summed E-state index contributed by atoms with van der Waals surface area (Å²) in [6, 6.07) is 4.29. The van der Waals surface area contributed by atoms with E-state index in [1.807, 2.05) is 12.1 Å². The summed E-state index contributed by atoms with van der Waals surface area (Å²) in [6.07, 6.45) is 6.30. The third-order valence-corrected chi connectivity index (χ3v) is 4.37. The Morgan fingerprint density at radius 2 is 2.21 bits per heavy atom. The Kier molecular flexibility index (Phi) is 4.47. The predicted octanol–water partition coefficient (Wildman–Crippen LogP) is 2.55. The van der Waals surface area contributed by atoms with Crippen LogP contribution in [-0.4, -0.2) is 32.9 Å². The number of pyridine rings is 1. The molecule has 1 saturated carbocycles. The summed E-state index contributed by atoms with van der Waals surface area (Å²) in [7, 11) is 0. The van der Waals surface area contributed by atoms with E-state index in [1.165, 1.54) is 0 Å². The van der Waals surface area contributed by atoms with Gasteiger partial charge in [0.2, 0.25) is 0 Å². The molecule has 0 aromatic carbocycles. The highest BCUT2D eigenvalue weighted by molar-refractivity contribution is 7.99. The number of hydrogen-bond donors (Lipinski definition) is 2. The first-order valence-corrected chi connectivity index (χ1v) is 7.45. The molecule has 1 aromatic heterocycles. The molecular weight excluding hydrogens is 260 g/mol. The fraction of sp³-hybridized carbons (Fsp3) is 0.571. The van der Waals surface area contributed by atoms with Gasteiger partial charge in [-0.05, 0) is 38.3 Å². The Bertz CT molecular complexity index is 436. The second kappa shape index (κ2) is 5.92. The molecule has 0 radical (unpaired) electrons. The molecule has 2 N–H and O–H groups in total. The molecular formula is C14H20N2O2S. The Morgan fingerprint density at radius 3 is 2.74 bits per heavy atom. The van der Waals surface area contributed by atoms with Crippen molar-refractivity contribution in [3.63, 3.8) is 0 Å². The molecule has 0 amide bonds. The Morgan fingerprint density at radius 1 is 1.58 bits per heavy atom. The average molecular weight is 280 g/mol. The van der Waals surface area contributed by atoms with Crippen molar-refractivity contribution in [2.75, 3.05) is 0 Å². The number of aromatic nitrogens is 1. The Balaban J connectivity index is 1.94. The second-order valence-electron chi connectivity index (χ2n) is 5.37. The molecule has 2 atom stereocenters. The zero-order valence-corrected chi connectivity index (χ0v) is 12.1. The zero-order valence-electron chi connectivity index (χ0n) is 11.3. The van der Waals surface area contributed by atoms with Gasteiger partial charge in [0.05, 0.1) is 0 Å². The summed E-state index contributed by atoms with van der Waals surface area (Å²) >= 11 is 1.69. The van der Waals surface area contributed by atoms with Crippen molar-refractivity contribution in [1.29, 1.82) is 0 Å². The monoisotopic (exact) mass is 280 g/mol. The maximum atomic E-state index is 11.5. The number of hydrogen-bond acceptors (Lipinski definition) is 4. The Labute approximate surface area is 118 Å². The van der Waals surface area contributed by atoms with Crippen LogP contribution in [0, 0.1) is 0 Å². The molecule has 0 spiro atoms. The lowest BCUT2D eigenvalue weighted by Crippen LogP contribution is -2.51. The SMILES string of the molecule is CC(CC(C)(NC1CC1)C(=O)O)Sc1ccncc1. The maximum Gasteiger partial charge on any atom is 0.323 e. The van der Waals surface area contributed by atoms with Gasteiger partial charge in [0.15, 0.2) is 0 Å². The lowest BCUT2D eigenvalue weighted by Gasteiger charge is -2.29. The third-order valence-electron chi connectivity index (χ3n) is 3.25. The summed E-state index contributed by atoms with van der Waals surface area (Å²) in [5, 5.41) is 12.9. The van der Waals surface area contributed by atoms with Crippen LogP contribution >= 0.6 is 11.8 Å². The Hall–Kier alpha value is -1.07. The number of carboxylic acid groups (broad SMARTS) is 1. The summed E-state index contributed by atoms with van der Waals surface area (Å²) < 4.78 is 0. The largest absolute Gasteiger partial charge is 0.480 e. The molecule has 4 nitrogen and oxygen atoms in total. The van der Waals surface area contributed by atoms with Crippen LogP contribution in [0.5, 0.6) is 0 Å². The molecule has 1 aromatic rings. The molecule has 0 saturated heterocycles. The van der Waals surface area contributed by atoms with Crippen LogP contribution in [0.4, 0.5) is 0 Å². The zero-order chi connectivity index (χ0) is 13.9. The molecule has 2 unspecified atom stereocenters. The highest BCUT2D eigenvalue weighted by Gasteiger charge is 2.39. The fourth-order valence-corrected chi connectivity index (χ4v) is 3.31. The maximum absolute atomic E-state index is 11.5.